The summed E-state index contributed by atoms with van der Waals surface area (Å²) in [6.45, 7) is 13.4. The van der Waals surface area contributed by atoms with E-state index in [-0.39, 0.29) is 7.43 Å². The zero-order chi connectivity index (χ0) is 18.2. The maximum atomic E-state index is 6.10. The Hall–Kier alpha value is 0.310. The highest BCUT2D eigenvalue weighted by atomic mass is 31.2. The Morgan fingerprint density at radius 2 is 1.16 bits per heavy atom. The van der Waals surface area contributed by atoms with E-state index in [0.717, 1.165) is 6.61 Å². The lowest BCUT2D eigenvalue weighted by molar-refractivity contribution is 0.252. The highest BCUT2D eigenvalue weighted by molar-refractivity contribution is 7.49. The van der Waals surface area contributed by atoms with E-state index in [1.165, 1.54) is 70.8 Å². The molecule has 0 rings (SSSR count). The summed E-state index contributed by atoms with van der Waals surface area (Å²) in [5.74, 6) is 0. The second-order valence-electron chi connectivity index (χ2n) is 7.50. The Morgan fingerprint density at radius 3 is 1.56 bits per heavy atom. The molecule has 0 aromatic carbocycles. The van der Waals surface area contributed by atoms with Crippen LogP contribution in [0.25, 0.3) is 0 Å². The number of unbranched alkanes of at least 4 members (excludes halogenated alkanes) is 9. The predicted octanol–water partition coefficient (Wildman–Crippen LogP) is 6.82. The van der Waals surface area contributed by atoms with Gasteiger partial charge in [0.15, 0.2) is 0 Å². The van der Waals surface area contributed by atoms with Crippen molar-refractivity contribution in [2.45, 2.75) is 111 Å². The molecule has 1 atom stereocenters. The Kier molecular flexibility index (Phi) is 21.0. The lowest BCUT2D eigenvalue weighted by Crippen LogP contribution is -2.32. The molecule has 0 aromatic rings. The van der Waals surface area contributed by atoms with Gasteiger partial charge < -0.3 is 9.84 Å². The molecule has 0 bridgehead atoms. The smallest absolute Gasteiger partial charge is 0.101 e. The topological polar surface area (TPSA) is 24.5 Å². The maximum Gasteiger partial charge on any atom is 0.101 e. The third kappa shape index (κ3) is 16.2. The summed E-state index contributed by atoms with van der Waals surface area (Å²) < 4.78 is 8.61. The Bertz CT molecular complexity index is 254. The molecule has 0 heterocycles. The van der Waals surface area contributed by atoms with Crippen molar-refractivity contribution in [2.75, 3.05) is 26.9 Å². The molecule has 3 nitrogen and oxygen atoms in total. The summed E-state index contributed by atoms with van der Waals surface area (Å²) in [6.07, 6.45) is 13.7. The lowest BCUT2D eigenvalue weighted by atomic mass is 10.1. The van der Waals surface area contributed by atoms with Gasteiger partial charge in [0.2, 0.25) is 0 Å². The van der Waals surface area contributed by atoms with Gasteiger partial charge in [-0.1, -0.05) is 58.8 Å². The minimum absolute atomic E-state index is 0. The summed E-state index contributed by atoms with van der Waals surface area (Å²) >= 11 is 0. The van der Waals surface area contributed by atoms with Crippen LogP contribution in [0.15, 0.2) is 0 Å². The highest BCUT2D eigenvalue weighted by Crippen LogP contribution is 2.40. The second-order valence-corrected chi connectivity index (χ2v) is 9.15. The molecule has 0 saturated carbocycles. The minimum Gasteiger partial charge on any atom is -0.344 e. The van der Waals surface area contributed by atoms with Gasteiger partial charge in [0.1, 0.15) is 8.30 Å². The molecule has 4 heteroatoms. The van der Waals surface area contributed by atoms with Gasteiger partial charge in [-0.05, 0) is 60.8 Å². The number of nitrogens with one attached hydrogen (secondary N) is 1. The van der Waals surface area contributed by atoms with Crippen molar-refractivity contribution in [3.63, 3.8) is 0 Å². The first-order chi connectivity index (χ1) is 11.5. The van der Waals surface area contributed by atoms with Crippen LogP contribution in [0.4, 0.5) is 0 Å². The third-order valence-corrected chi connectivity index (χ3v) is 6.61. The fourth-order valence-corrected chi connectivity index (χ4v) is 5.16. The monoisotopic (exact) mass is 376 g/mol. The first-order valence-electron chi connectivity index (χ1n) is 10.3. The quantitative estimate of drug-likeness (QED) is 0.223. The van der Waals surface area contributed by atoms with Crippen LogP contribution in [0.3, 0.4) is 0 Å². The number of hydrogen-bond acceptors (Lipinski definition) is 3. The van der Waals surface area contributed by atoms with E-state index in [2.05, 4.69) is 44.3 Å². The molecule has 0 spiro atoms. The fourth-order valence-electron chi connectivity index (χ4n) is 3.33. The van der Waals surface area contributed by atoms with E-state index in [1.54, 1.807) is 0 Å². The molecule has 1 N–H and O–H groups in total. The molecule has 1 unspecified atom stereocenters. The predicted molar refractivity (Wildman–Crippen MR) is 118 cm³/mol. The standard InChI is InChI=1S/C20H45N2OP.CH4/c1-19(2)22(20(3)4)24(6)23-18-16-14-12-10-8-7-9-11-13-15-17-21-5;/h19-21H,7-18H2,1-6H3;1H4. The summed E-state index contributed by atoms with van der Waals surface area (Å²) in [4.78, 5) is 0. The molecule has 0 aliphatic heterocycles. The van der Waals surface area contributed by atoms with Crippen molar-refractivity contribution in [1.29, 1.82) is 0 Å². The van der Waals surface area contributed by atoms with Gasteiger partial charge >= 0.3 is 0 Å². The van der Waals surface area contributed by atoms with Crippen molar-refractivity contribution in [3.8, 4) is 0 Å². The van der Waals surface area contributed by atoms with E-state index >= 15 is 0 Å². The summed E-state index contributed by atoms with van der Waals surface area (Å²) in [5, 5.41) is 3.22. The van der Waals surface area contributed by atoms with Gasteiger partial charge in [0, 0.05) is 12.1 Å². The SMILES string of the molecule is C.CNCCCCCCCCCCCCOP(C)N(C(C)C)C(C)C. The average Bonchev–Trinajstić information content (AvgIpc) is 2.51. The largest absolute Gasteiger partial charge is 0.344 e. The zero-order valence-electron chi connectivity index (χ0n) is 17.4. The van der Waals surface area contributed by atoms with E-state index in [1.807, 2.05) is 7.05 Å². The molecule has 0 amide bonds. The van der Waals surface area contributed by atoms with Crippen molar-refractivity contribution >= 4 is 8.30 Å². The van der Waals surface area contributed by atoms with Crippen LogP contribution in [0.1, 0.15) is 99.3 Å². The first-order valence-corrected chi connectivity index (χ1v) is 12.0. The van der Waals surface area contributed by atoms with Crippen LogP contribution in [0.5, 0.6) is 0 Å². The number of rotatable bonds is 17. The fraction of sp³-hybridized carbons (Fsp3) is 1.00. The van der Waals surface area contributed by atoms with E-state index < -0.39 is 8.30 Å². The average molecular weight is 377 g/mol. The summed E-state index contributed by atoms with van der Waals surface area (Å²) in [7, 11) is 1.61. The van der Waals surface area contributed by atoms with Gasteiger partial charge in [-0.15, -0.1) is 0 Å². The Balaban J connectivity index is 0. The van der Waals surface area contributed by atoms with Crippen LogP contribution >= 0.6 is 8.30 Å². The second kappa shape index (κ2) is 19.1. The molecule has 25 heavy (non-hydrogen) atoms. The highest BCUT2D eigenvalue weighted by Gasteiger charge is 2.20. The van der Waals surface area contributed by atoms with E-state index in [0.29, 0.717) is 12.1 Å². The first kappa shape index (κ1) is 27.5. The number of nitrogens with zero attached hydrogens (tertiary/aromatic N) is 1. The maximum absolute atomic E-state index is 6.10. The molecule has 0 aromatic heterocycles. The van der Waals surface area contributed by atoms with Crippen LogP contribution in [0.2, 0.25) is 0 Å². The Morgan fingerprint density at radius 1 is 0.760 bits per heavy atom. The Labute approximate surface area is 161 Å². The summed E-state index contributed by atoms with van der Waals surface area (Å²) in [6, 6.07) is 1.14. The van der Waals surface area contributed by atoms with Crippen molar-refractivity contribution < 1.29 is 4.52 Å². The van der Waals surface area contributed by atoms with Crippen LogP contribution in [-0.4, -0.2) is 43.6 Å². The van der Waals surface area contributed by atoms with E-state index in [9.17, 15) is 0 Å². The molecule has 154 valence electrons. The molecule has 0 aliphatic carbocycles. The minimum atomic E-state index is -0.433. The van der Waals surface area contributed by atoms with Gasteiger partial charge in [0.05, 0.1) is 6.61 Å². The normalized spacial score (nSPS) is 12.8. The molecule has 0 saturated heterocycles. The molecule has 0 fully saturated rings. The van der Waals surface area contributed by atoms with Crippen molar-refractivity contribution in [2.24, 2.45) is 0 Å². The lowest BCUT2D eigenvalue weighted by Gasteiger charge is -2.35. The van der Waals surface area contributed by atoms with Crippen LogP contribution in [0, 0.1) is 0 Å². The van der Waals surface area contributed by atoms with Crippen molar-refractivity contribution in [3.05, 3.63) is 0 Å². The summed E-state index contributed by atoms with van der Waals surface area (Å²) in [5.41, 5.74) is 0. The van der Waals surface area contributed by atoms with Crippen LogP contribution in [-0.2, 0) is 4.52 Å². The van der Waals surface area contributed by atoms with Gasteiger partial charge in [-0.2, -0.15) is 0 Å². The van der Waals surface area contributed by atoms with Crippen LogP contribution < -0.4 is 5.32 Å². The van der Waals surface area contributed by atoms with Gasteiger partial charge in [-0.25, -0.2) is 0 Å². The van der Waals surface area contributed by atoms with Gasteiger partial charge in [0.25, 0.3) is 0 Å². The third-order valence-electron chi connectivity index (χ3n) is 4.48. The molecule has 0 radical (unpaired) electrons. The molecule has 0 aliphatic rings. The van der Waals surface area contributed by atoms with E-state index in [4.69, 9.17) is 4.52 Å². The molecular formula is C21H49N2OP. The molecular weight excluding hydrogens is 327 g/mol. The van der Waals surface area contributed by atoms with Gasteiger partial charge in [-0.3, -0.25) is 4.67 Å². The van der Waals surface area contributed by atoms with Crippen molar-refractivity contribution in [1.82, 2.24) is 9.99 Å². The number of hydrogen-bond donors (Lipinski definition) is 1. The zero-order valence-corrected chi connectivity index (χ0v) is 18.3.